The Balaban J connectivity index is 2.48. The lowest BCUT2D eigenvalue weighted by Gasteiger charge is -2.12. The maximum absolute atomic E-state index is 3.91. The van der Waals surface area contributed by atoms with Crippen molar-refractivity contribution in [1.29, 1.82) is 0 Å². The Labute approximate surface area is 107 Å². The first kappa shape index (κ1) is 10.9. The van der Waals surface area contributed by atoms with Crippen LogP contribution >= 0.6 is 0 Å². The van der Waals surface area contributed by atoms with E-state index < -0.39 is 0 Å². The van der Waals surface area contributed by atoms with Crippen LogP contribution in [0.1, 0.15) is 0 Å². The molecule has 0 atom stereocenters. The van der Waals surface area contributed by atoms with Gasteiger partial charge in [-0.2, -0.15) is 0 Å². The van der Waals surface area contributed by atoms with Crippen LogP contribution in [0, 0.1) is 0 Å². The maximum Gasteiger partial charge on any atom is 0.0536 e. The average Bonchev–Trinajstić information content (AvgIpc) is 2.71. The second-order valence-electron chi connectivity index (χ2n) is 4.67. The number of hydrogen-bond acceptors (Lipinski definition) is 1. The number of fused-ring (bicyclic) bond motifs is 3. The predicted octanol–water partition coefficient (Wildman–Crippen LogP) is 3.96. The van der Waals surface area contributed by atoms with Gasteiger partial charge in [0.15, 0.2) is 0 Å². The molecule has 3 aromatic rings. The molecule has 0 N–H and O–H groups in total. The quantitative estimate of drug-likeness (QED) is 0.653. The third-order valence-electron chi connectivity index (χ3n) is 3.39. The van der Waals surface area contributed by atoms with Crippen molar-refractivity contribution in [2.45, 2.75) is 0 Å². The van der Waals surface area contributed by atoms with E-state index in [1.54, 1.807) is 0 Å². The van der Waals surface area contributed by atoms with E-state index in [9.17, 15) is 0 Å². The molecule has 18 heavy (non-hydrogen) atoms. The van der Waals surface area contributed by atoms with E-state index in [0.29, 0.717) is 0 Å². The van der Waals surface area contributed by atoms with Crippen molar-refractivity contribution in [3.05, 3.63) is 49.0 Å². The first-order chi connectivity index (χ1) is 8.72. The van der Waals surface area contributed by atoms with Crippen molar-refractivity contribution in [1.82, 2.24) is 4.57 Å². The van der Waals surface area contributed by atoms with E-state index in [4.69, 9.17) is 0 Å². The fourth-order valence-electron chi connectivity index (χ4n) is 2.47. The number of rotatable bonds is 2. The molecule has 0 spiro atoms. The van der Waals surface area contributed by atoms with E-state index in [-0.39, 0.29) is 0 Å². The Morgan fingerprint density at radius 3 is 2.44 bits per heavy atom. The van der Waals surface area contributed by atoms with Crippen molar-refractivity contribution in [2.24, 2.45) is 0 Å². The van der Waals surface area contributed by atoms with Crippen LogP contribution in [0.15, 0.2) is 49.0 Å². The number of nitrogens with zero attached hydrogens (tertiary/aromatic N) is 2. The molecule has 0 unspecified atom stereocenters. The molecule has 0 radical (unpaired) electrons. The topological polar surface area (TPSA) is 8.17 Å². The lowest BCUT2D eigenvalue weighted by molar-refractivity contribution is 1.13. The highest BCUT2D eigenvalue weighted by Gasteiger charge is 2.09. The van der Waals surface area contributed by atoms with Gasteiger partial charge in [-0.15, -0.1) is 0 Å². The highest BCUT2D eigenvalue weighted by Crippen LogP contribution is 2.31. The molecule has 0 fully saturated rings. The molecule has 1 aromatic heterocycles. The van der Waals surface area contributed by atoms with Crippen LogP contribution < -0.4 is 4.90 Å². The summed E-state index contributed by atoms with van der Waals surface area (Å²) in [5, 5.41) is 2.55. The summed E-state index contributed by atoms with van der Waals surface area (Å²) in [5.41, 5.74) is 3.63. The van der Waals surface area contributed by atoms with Crippen LogP contribution in [0.2, 0.25) is 0 Å². The second-order valence-corrected chi connectivity index (χ2v) is 4.67. The van der Waals surface area contributed by atoms with E-state index in [0.717, 1.165) is 0 Å². The molecule has 2 nitrogen and oxygen atoms in total. The van der Waals surface area contributed by atoms with Crippen LogP contribution in [0.5, 0.6) is 0 Å². The van der Waals surface area contributed by atoms with Gasteiger partial charge in [0.1, 0.15) is 0 Å². The van der Waals surface area contributed by atoms with Gasteiger partial charge < -0.3 is 9.47 Å². The van der Waals surface area contributed by atoms with E-state index in [1.807, 2.05) is 6.20 Å². The normalized spacial score (nSPS) is 11.0. The Kier molecular flexibility index (Phi) is 2.37. The molecule has 90 valence electrons. The second kappa shape index (κ2) is 3.91. The minimum Gasteiger partial charge on any atom is -0.378 e. The van der Waals surface area contributed by atoms with Gasteiger partial charge in [0, 0.05) is 36.8 Å². The van der Waals surface area contributed by atoms with Crippen LogP contribution in [0.4, 0.5) is 5.69 Å². The minimum atomic E-state index is 1.21. The zero-order chi connectivity index (χ0) is 12.7. The lowest BCUT2D eigenvalue weighted by atomic mass is 10.1. The van der Waals surface area contributed by atoms with Crippen LogP contribution in [-0.2, 0) is 0 Å². The van der Waals surface area contributed by atoms with E-state index in [1.165, 1.54) is 27.5 Å². The molecule has 0 bridgehead atoms. The number of hydrogen-bond donors (Lipinski definition) is 0. The Bertz CT molecular complexity index is 735. The van der Waals surface area contributed by atoms with E-state index >= 15 is 0 Å². The fourth-order valence-corrected chi connectivity index (χ4v) is 2.47. The van der Waals surface area contributed by atoms with Crippen LogP contribution in [0.3, 0.4) is 0 Å². The molecule has 0 saturated heterocycles. The molecule has 0 aliphatic heterocycles. The summed E-state index contributed by atoms with van der Waals surface area (Å²) < 4.78 is 2.14. The van der Waals surface area contributed by atoms with Crippen LogP contribution in [0.25, 0.3) is 28.0 Å². The summed E-state index contributed by atoms with van der Waals surface area (Å²) in [6.07, 6.45) is 1.88. The van der Waals surface area contributed by atoms with Crippen molar-refractivity contribution in [3.8, 4) is 0 Å². The molecular formula is C16H16N2. The minimum absolute atomic E-state index is 1.21. The average molecular weight is 236 g/mol. The zero-order valence-corrected chi connectivity index (χ0v) is 10.7. The van der Waals surface area contributed by atoms with Gasteiger partial charge in [0.05, 0.1) is 11.0 Å². The molecule has 0 aliphatic rings. The third-order valence-corrected chi connectivity index (χ3v) is 3.39. The standard InChI is InChI=1S/C16H16N2/c1-4-18-15-8-6-5-7-13(15)14-11-12(17(2)3)9-10-16(14)18/h4-11H,1H2,2-3H3. The number of aromatic nitrogens is 1. The number of anilines is 1. The Morgan fingerprint density at radius 2 is 1.72 bits per heavy atom. The molecule has 0 aliphatic carbocycles. The highest BCUT2D eigenvalue weighted by molar-refractivity contribution is 6.10. The van der Waals surface area contributed by atoms with Gasteiger partial charge in [-0.25, -0.2) is 0 Å². The number of para-hydroxylation sites is 1. The summed E-state index contributed by atoms with van der Waals surface area (Å²) >= 11 is 0. The van der Waals surface area contributed by atoms with Gasteiger partial charge in [0.25, 0.3) is 0 Å². The predicted molar refractivity (Wildman–Crippen MR) is 80.2 cm³/mol. The maximum atomic E-state index is 3.91. The van der Waals surface area contributed by atoms with E-state index in [2.05, 4.69) is 72.6 Å². The van der Waals surface area contributed by atoms with Crippen molar-refractivity contribution in [2.75, 3.05) is 19.0 Å². The Morgan fingerprint density at radius 1 is 1.00 bits per heavy atom. The first-order valence-electron chi connectivity index (χ1n) is 6.05. The zero-order valence-electron chi connectivity index (χ0n) is 10.7. The van der Waals surface area contributed by atoms with Crippen molar-refractivity contribution >= 4 is 33.7 Å². The number of benzene rings is 2. The summed E-state index contributed by atoms with van der Waals surface area (Å²) in [4.78, 5) is 2.12. The monoisotopic (exact) mass is 236 g/mol. The molecule has 0 amide bonds. The third kappa shape index (κ3) is 1.42. The summed E-state index contributed by atoms with van der Waals surface area (Å²) in [7, 11) is 4.13. The van der Waals surface area contributed by atoms with Gasteiger partial charge in [0.2, 0.25) is 0 Å². The van der Waals surface area contributed by atoms with Gasteiger partial charge in [-0.05, 0) is 24.3 Å². The summed E-state index contributed by atoms with van der Waals surface area (Å²) in [6, 6.07) is 15.0. The first-order valence-corrected chi connectivity index (χ1v) is 6.05. The van der Waals surface area contributed by atoms with Crippen molar-refractivity contribution in [3.63, 3.8) is 0 Å². The molecule has 0 saturated carbocycles. The Hall–Kier alpha value is -2.22. The fraction of sp³-hybridized carbons (Fsp3) is 0.125. The lowest BCUT2D eigenvalue weighted by Crippen LogP contribution is -2.07. The highest BCUT2D eigenvalue weighted by atomic mass is 15.1. The van der Waals surface area contributed by atoms with Crippen molar-refractivity contribution < 1.29 is 0 Å². The molecule has 3 rings (SSSR count). The largest absolute Gasteiger partial charge is 0.378 e. The molecule has 1 heterocycles. The molecule has 2 aromatic carbocycles. The smallest absolute Gasteiger partial charge is 0.0536 e. The van der Waals surface area contributed by atoms with Gasteiger partial charge >= 0.3 is 0 Å². The van der Waals surface area contributed by atoms with Gasteiger partial charge in [-0.3, -0.25) is 0 Å². The summed E-state index contributed by atoms with van der Waals surface area (Å²) in [6.45, 7) is 3.91. The molecular weight excluding hydrogens is 220 g/mol. The van der Waals surface area contributed by atoms with Crippen LogP contribution in [-0.4, -0.2) is 18.7 Å². The SMILES string of the molecule is C=Cn1c2ccccc2c2cc(N(C)C)ccc21. The van der Waals surface area contributed by atoms with Gasteiger partial charge in [-0.1, -0.05) is 24.8 Å². The summed E-state index contributed by atoms with van der Waals surface area (Å²) in [5.74, 6) is 0. The molecule has 2 heteroatoms.